The van der Waals surface area contributed by atoms with Gasteiger partial charge in [-0.05, 0) is 24.3 Å². The number of carbonyl (C=O) groups is 2. The molecule has 2 N–H and O–H groups in total. The largest absolute Gasteiger partial charge is 0.472 e. The Balaban J connectivity index is 1.94. The summed E-state index contributed by atoms with van der Waals surface area (Å²) >= 11 is 0. The van der Waals surface area contributed by atoms with Crippen LogP contribution in [0.25, 0.3) is 6.08 Å². The fourth-order valence-electron chi connectivity index (χ4n) is 2.30. The predicted octanol–water partition coefficient (Wildman–Crippen LogP) is 2.25. The zero-order valence-electron chi connectivity index (χ0n) is 12.5. The van der Waals surface area contributed by atoms with Crippen molar-refractivity contribution in [1.29, 1.82) is 0 Å². The van der Waals surface area contributed by atoms with E-state index >= 15 is 0 Å². The zero-order valence-corrected chi connectivity index (χ0v) is 12.5. The Morgan fingerprint density at radius 2 is 2.00 bits per heavy atom. The van der Waals surface area contributed by atoms with Crippen molar-refractivity contribution in [3.63, 3.8) is 0 Å². The summed E-state index contributed by atoms with van der Waals surface area (Å²) in [6, 6.07) is 4.03. The van der Waals surface area contributed by atoms with Crippen molar-refractivity contribution in [2.45, 2.75) is 12.8 Å². The molecular formula is C16H11F3N2O4. The molecule has 1 saturated heterocycles. The highest BCUT2D eigenvalue weighted by Gasteiger charge is 2.36. The van der Waals surface area contributed by atoms with E-state index in [2.05, 4.69) is 5.43 Å². The maximum atomic E-state index is 12.8. The van der Waals surface area contributed by atoms with Gasteiger partial charge in [0.25, 0.3) is 11.8 Å². The molecule has 0 radical (unpaired) electrons. The van der Waals surface area contributed by atoms with Crippen LogP contribution >= 0.6 is 0 Å². The summed E-state index contributed by atoms with van der Waals surface area (Å²) in [4.78, 5) is 24.4. The smallest absolute Gasteiger partial charge is 0.416 e. The summed E-state index contributed by atoms with van der Waals surface area (Å²) in [5.74, 6) is -1.58. The molecule has 0 spiro atoms. The summed E-state index contributed by atoms with van der Waals surface area (Å²) in [7, 11) is 0. The Morgan fingerprint density at radius 1 is 1.24 bits per heavy atom. The number of anilines is 1. The van der Waals surface area contributed by atoms with Crippen LogP contribution in [0, 0.1) is 0 Å². The van der Waals surface area contributed by atoms with E-state index in [9.17, 15) is 22.8 Å². The molecule has 0 atom stereocenters. The van der Waals surface area contributed by atoms with Crippen molar-refractivity contribution in [1.82, 2.24) is 5.43 Å². The molecule has 1 aliphatic heterocycles. The van der Waals surface area contributed by atoms with Crippen LogP contribution in [0.2, 0.25) is 0 Å². The van der Waals surface area contributed by atoms with Gasteiger partial charge in [0.1, 0.15) is 5.57 Å². The molecule has 2 heterocycles. The summed E-state index contributed by atoms with van der Waals surface area (Å²) in [5.41, 5.74) is 1.56. The quantitative estimate of drug-likeness (QED) is 0.656. The highest BCUT2D eigenvalue weighted by molar-refractivity contribution is 6.31. The molecule has 25 heavy (non-hydrogen) atoms. The normalized spacial score (nSPS) is 16.6. The van der Waals surface area contributed by atoms with Crippen LogP contribution in [-0.2, 0) is 22.4 Å². The first-order chi connectivity index (χ1) is 11.8. The van der Waals surface area contributed by atoms with E-state index in [-0.39, 0.29) is 17.9 Å². The SMILES string of the molecule is O=C1NN(c2cccc(C(F)(F)F)c2)C(=O)C1=Cc1cocc1CO. The van der Waals surface area contributed by atoms with Gasteiger partial charge in [0, 0.05) is 11.1 Å². The maximum Gasteiger partial charge on any atom is 0.416 e. The van der Waals surface area contributed by atoms with E-state index in [0.29, 0.717) is 11.1 Å². The Labute approximate surface area is 139 Å². The third-order valence-electron chi connectivity index (χ3n) is 3.57. The van der Waals surface area contributed by atoms with Crippen molar-refractivity contribution in [2.24, 2.45) is 0 Å². The highest BCUT2D eigenvalue weighted by atomic mass is 19.4. The molecule has 130 valence electrons. The Kier molecular flexibility index (Phi) is 4.09. The van der Waals surface area contributed by atoms with Crippen molar-refractivity contribution < 1.29 is 32.3 Å². The van der Waals surface area contributed by atoms with Crippen LogP contribution in [0.1, 0.15) is 16.7 Å². The van der Waals surface area contributed by atoms with Gasteiger partial charge in [-0.25, -0.2) is 5.01 Å². The van der Waals surface area contributed by atoms with Gasteiger partial charge in [-0.1, -0.05) is 6.07 Å². The number of carbonyl (C=O) groups excluding carboxylic acids is 2. The summed E-state index contributed by atoms with van der Waals surface area (Å²) in [6.45, 7) is -0.358. The lowest BCUT2D eigenvalue weighted by Gasteiger charge is -2.16. The molecule has 9 heteroatoms. The molecule has 2 amide bonds. The molecule has 0 bridgehead atoms. The van der Waals surface area contributed by atoms with E-state index in [1.165, 1.54) is 24.7 Å². The second-order valence-corrected chi connectivity index (χ2v) is 5.20. The van der Waals surface area contributed by atoms with Gasteiger partial charge in [-0.3, -0.25) is 15.0 Å². The first kappa shape index (κ1) is 16.8. The second-order valence-electron chi connectivity index (χ2n) is 5.20. The number of furan rings is 1. The van der Waals surface area contributed by atoms with Crippen molar-refractivity contribution >= 4 is 23.6 Å². The van der Waals surface area contributed by atoms with Gasteiger partial charge >= 0.3 is 6.18 Å². The van der Waals surface area contributed by atoms with Crippen LogP contribution in [0.4, 0.5) is 18.9 Å². The molecule has 6 nitrogen and oxygen atoms in total. The fourth-order valence-corrected chi connectivity index (χ4v) is 2.30. The van der Waals surface area contributed by atoms with Crippen molar-refractivity contribution in [3.05, 3.63) is 59.1 Å². The van der Waals surface area contributed by atoms with Crippen LogP contribution in [0.5, 0.6) is 0 Å². The number of rotatable bonds is 3. The standard InChI is InChI=1S/C16H11F3N2O4/c17-16(18,19)11-2-1-3-12(5-11)21-15(24)13(14(23)20-21)4-9-7-25-8-10(9)6-22/h1-5,7-8,22H,6H2,(H,20,23). The van der Waals surface area contributed by atoms with Gasteiger partial charge in [0.05, 0.1) is 30.4 Å². The molecule has 1 fully saturated rings. The van der Waals surface area contributed by atoms with Gasteiger partial charge < -0.3 is 9.52 Å². The van der Waals surface area contributed by atoms with Crippen molar-refractivity contribution in [3.8, 4) is 0 Å². The third-order valence-corrected chi connectivity index (χ3v) is 3.57. The van der Waals surface area contributed by atoms with E-state index in [0.717, 1.165) is 23.2 Å². The number of hydrogen-bond acceptors (Lipinski definition) is 4. The zero-order chi connectivity index (χ0) is 18.2. The molecule has 3 rings (SSSR count). The lowest BCUT2D eigenvalue weighted by Crippen LogP contribution is -2.35. The molecule has 1 aromatic heterocycles. The summed E-state index contributed by atoms with van der Waals surface area (Å²) in [6.07, 6.45) is -0.866. The van der Waals surface area contributed by atoms with Crippen LogP contribution in [-0.4, -0.2) is 16.9 Å². The average molecular weight is 352 g/mol. The first-order valence-corrected chi connectivity index (χ1v) is 7.01. The maximum absolute atomic E-state index is 12.8. The van der Waals surface area contributed by atoms with Gasteiger partial charge in [-0.15, -0.1) is 0 Å². The highest BCUT2D eigenvalue weighted by Crippen LogP contribution is 2.32. The van der Waals surface area contributed by atoms with E-state index < -0.39 is 23.6 Å². The molecular weight excluding hydrogens is 341 g/mol. The summed E-state index contributed by atoms with van der Waals surface area (Å²) in [5, 5.41) is 9.90. The number of alkyl halides is 3. The minimum absolute atomic E-state index is 0.119. The van der Waals surface area contributed by atoms with Crippen LogP contribution in [0.3, 0.4) is 0 Å². The van der Waals surface area contributed by atoms with Crippen LogP contribution in [0.15, 0.2) is 46.8 Å². The Morgan fingerprint density at radius 3 is 2.68 bits per heavy atom. The molecule has 0 saturated carbocycles. The number of nitrogens with zero attached hydrogens (tertiary/aromatic N) is 1. The molecule has 2 aromatic rings. The molecule has 0 unspecified atom stereocenters. The number of halogens is 3. The number of hydrazine groups is 1. The lowest BCUT2D eigenvalue weighted by molar-refractivity contribution is -0.137. The van der Waals surface area contributed by atoms with Gasteiger partial charge in [0.2, 0.25) is 0 Å². The number of nitrogens with one attached hydrogen (secondary N) is 1. The van der Waals surface area contributed by atoms with Gasteiger partial charge in [0.15, 0.2) is 0 Å². The number of benzene rings is 1. The van der Waals surface area contributed by atoms with Crippen LogP contribution < -0.4 is 10.4 Å². The van der Waals surface area contributed by atoms with E-state index in [1.54, 1.807) is 0 Å². The predicted molar refractivity (Wildman–Crippen MR) is 79.7 cm³/mol. The van der Waals surface area contributed by atoms with E-state index in [1.807, 2.05) is 0 Å². The second kappa shape index (κ2) is 6.10. The molecule has 0 aliphatic carbocycles. The monoisotopic (exact) mass is 352 g/mol. The minimum atomic E-state index is -4.58. The number of amides is 2. The first-order valence-electron chi connectivity index (χ1n) is 7.01. The minimum Gasteiger partial charge on any atom is -0.472 e. The third kappa shape index (κ3) is 3.13. The average Bonchev–Trinajstić information content (AvgIpc) is 3.13. The topological polar surface area (TPSA) is 82.8 Å². The molecule has 1 aliphatic rings. The van der Waals surface area contributed by atoms with E-state index in [4.69, 9.17) is 9.52 Å². The number of hydrogen-bond donors (Lipinski definition) is 2. The van der Waals surface area contributed by atoms with Gasteiger partial charge in [-0.2, -0.15) is 13.2 Å². The summed E-state index contributed by atoms with van der Waals surface area (Å²) < 4.78 is 43.3. The lowest BCUT2D eigenvalue weighted by atomic mass is 10.1. The number of aliphatic hydroxyl groups excluding tert-OH is 1. The Hall–Kier alpha value is -3.07. The number of aliphatic hydroxyl groups is 1. The van der Waals surface area contributed by atoms with Crippen molar-refractivity contribution in [2.75, 3.05) is 5.01 Å². The Bertz CT molecular complexity index is 870. The fraction of sp³-hybridized carbons (Fsp3) is 0.125. The molecule has 1 aromatic carbocycles.